The van der Waals surface area contributed by atoms with Crippen molar-refractivity contribution in [1.29, 1.82) is 0 Å². The molecule has 3 N–H and O–H groups in total. The Kier molecular flexibility index (Phi) is 4.56. The van der Waals surface area contributed by atoms with E-state index in [2.05, 4.69) is 33.8 Å². The summed E-state index contributed by atoms with van der Waals surface area (Å²) >= 11 is 0. The minimum absolute atomic E-state index is 0.0935. The first-order valence-electron chi connectivity index (χ1n) is 10.3. The summed E-state index contributed by atoms with van der Waals surface area (Å²) in [6, 6.07) is 7.11. The largest absolute Gasteiger partial charge is 0.490 e. The van der Waals surface area contributed by atoms with Crippen molar-refractivity contribution in [3.05, 3.63) is 52.1 Å². The van der Waals surface area contributed by atoms with Gasteiger partial charge in [0.2, 0.25) is 0 Å². The van der Waals surface area contributed by atoms with E-state index in [1.807, 2.05) is 6.92 Å². The molecule has 0 fully saturated rings. The first-order valence-corrected chi connectivity index (χ1v) is 10.3. The third kappa shape index (κ3) is 3.40. The van der Waals surface area contributed by atoms with Crippen LogP contribution in [0.2, 0.25) is 0 Å². The number of carbonyl (C=O) groups is 1. The molecule has 0 saturated heterocycles. The van der Waals surface area contributed by atoms with Crippen LogP contribution in [0.25, 0.3) is 0 Å². The van der Waals surface area contributed by atoms with E-state index >= 15 is 0 Å². The highest BCUT2D eigenvalue weighted by molar-refractivity contribution is 6.17. The van der Waals surface area contributed by atoms with E-state index in [0.29, 0.717) is 6.61 Å². The molecular formula is C24H28N2O4. The summed E-state index contributed by atoms with van der Waals surface area (Å²) in [6.45, 7) is 10.9. The summed E-state index contributed by atoms with van der Waals surface area (Å²) in [4.78, 5) is 16.5. The molecule has 0 amide bonds. The quantitative estimate of drug-likeness (QED) is 0.738. The number of aromatic carboxylic acids is 1. The number of anilines is 1. The van der Waals surface area contributed by atoms with Crippen LogP contribution in [0.1, 0.15) is 67.2 Å². The summed E-state index contributed by atoms with van der Waals surface area (Å²) in [7, 11) is 0. The van der Waals surface area contributed by atoms with Gasteiger partial charge in [-0.3, -0.25) is 4.99 Å². The van der Waals surface area contributed by atoms with Crippen LogP contribution in [0.3, 0.4) is 0 Å². The zero-order valence-corrected chi connectivity index (χ0v) is 18.1. The molecule has 0 spiro atoms. The predicted octanol–water partition coefficient (Wildman–Crippen LogP) is 4.25. The SMILES string of the molecule is CCOc1cc2c(c3c1OC(C)(C)C3)C(c1ccc(C(=O)O)c(N)c1)=NC(C)(C)C2. The van der Waals surface area contributed by atoms with Gasteiger partial charge < -0.3 is 20.3 Å². The zero-order valence-electron chi connectivity index (χ0n) is 18.1. The van der Waals surface area contributed by atoms with Crippen LogP contribution in [-0.4, -0.2) is 34.5 Å². The molecule has 0 radical (unpaired) electrons. The lowest BCUT2D eigenvalue weighted by Gasteiger charge is -2.31. The molecule has 2 aromatic rings. The van der Waals surface area contributed by atoms with E-state index in [4.69, 9.17) is 20.2 Å². The van der Waals surface area contributed by atoms with Crippen LogP contribution in [0.15, 0.2) is 29.3 Å². The fourth-order valence-corrected chi connectivity index (χ4v) is 4.45. The number of nitrogens with two attached hydrogens (primary N) is 1. The van der Waals surface area contributed by atoms with Gasteiger partial charge in [0.05, 0.1) is 23.4 Å². The van der Waals surface area contributed by atoms with Crippen molar-refractivity contribution in [2.45, 2.75) is 58.6 Å². The monoisotopic (exact) mass is 408 g/mol. The van der Waals surface area contributed by atoms with Crippen molar-refractivity contribution in [3.8, 4) is 11.5 Å². The zero-order chi connectivity index (χ0) is 21.8. The van der Waals surface area contributed by atoms with Crippen molar-refractivity contribution in [2.75, 3.05) is 12.3 Å². The Labute approximate surface area is 176 Å². The minimum Gasteiger partial charge on any atom is -0.490 e. The predicted molar refractivity (Wildman–Crippen MR) is 117 cm³/mol. The Morgan fingerprint density at radius 2 is 1.97 bits per heavy atom. The summed E-state index contributed by atoms with van der Waals surface area (Å²) in [6.07, 6.45) is 1.52. The van der Waals surface area contributed by atoms with Crippen LogP contribution < -0.4 is 15.2 Å². The summed E-state index contributed by atoms with van der Waals surface area (Å²) < 4.78 is 12.2. The second-order valence-electron chi connectivity index (χ2n) is 9.24. The highest BCUT2D eigenvalue weighted by atomic mass is 16.5. The third-order valence-corrected chi connectivity index (χ3v) is 5.54. The second kappa shape index (κ2) is 6.76. The van der Waals surface area contributed by atoms with Crippen molar-refractivity contribution >= 4 is 17.4 Å². The molecular weight excluding hydrogens is 380 g/mol. The molecule has 0 atom stereocenters. The molecule has 0 aliphatic carbocycles. The van der Waals surface area contributed by atoms with Gasteiger partial charge in [0.1, 0.15) is 5.60 Å². The summed E-state index contributed by atoms with van der Waals surface area (Å²) in [5, 5.41) is 9.33. The topological polar surface area (TPSA) is 94.1 Å². The van der Waals surface area contributed by atoms with E-state index in [-0.39, 0.29) is 22.4 Å². The number of nitrogens with zero attached hydrogens (tertiary/aromatic N) is 1. The Hall–Kier alpha value is -3.02. The Balaban J connectivity index is 1.95. The molecule has 158 valence electrons. The van der Waals surface area contributed by atoms with Gasteiger partial charge in [-0.25, -0.2) is 4.79 Å². The average Bonchev–Trinajstić information content (AvgIpc) is 2.95. The maximum atomic E-state index is 11.4. The molecule has 0 saturated carbocycles. The van der Waals surface area contributed by atoms with Gasteiger partial charge in [-0.1, -0.05) is 6.07 Å². The van der Waals surface area contributed by atoms with Gasteiger partial charge in [0, 0.05) is 28.8 Å². The molecule has 2 heterocycles. The van der Waals surface area contributed by atoms with Gasteiger partial charge >= 0.3 is 5.97 Å². The third-order valence-electron chi connectivity index (χ3n) is 5.54. The Morgan fingerprint density at radius 1 is 1.23 bits per heavy atom. The van der Waals surface area contributed by atoms with Gasteiger partial charge in [0.15, 0.2) is 11.5 Å². The van der Waals surface area contributed by atoms with Crippen LogP contribution in [0.5, 0.6) is 11.5 Å². The van der Waals surface area contributed by atoms with Gasteiger partial charge in [-0.15, -0.1) is 0 Å². The van der Waals surface area contributed by atoms with Crippen LogP contribution in [0.4, 0.5) is 5.69 Å². The van der Waals surface area contributed by atoms with E-state index < -0.39 is 5.97 Å². The number of benzene rings is 2. The minimum atomic E-state index is -1.04. The standard InChI is InChI=1S/C24H28N2O4/c1-6-29-18-10-14-11-23(2,3)26-20(13-7-8-15(22(27)28)17(25)9-13)19(14)16-12-24(4,5)30-21(16)18/h7-10H,6,11-12,25H2,1-5H3,(H,27,28). The molecule has 2 aliphatic heterocycles. The van der Waals surface area contributed by atoms with Crippen molar-refractivity contribution in [3.63, 3.8) is 0 Å². The molecule has 2 aliphatic rings. The Bertz CT molecular complexity index is 1080. The fourth-order valence-electron chi connectivity index (χ4n) is 4.45. The number of carboxylic acids is 1. The average molecular weight is 408 g/mol. The molecule has 0 aromatic heterocycles. The van der Waals surface area contributed by atoms with E-state index in [0.717, 1.165) is 52.3 Å². The number of rotatable bonds is 4. The Morgan fingerprint density at radius 3 is 2.60 bits per heavy atom. The molecule has 6 heteroatoms. The fraction of sp³-hybridized carbons (Fsp3) is 0.417. The number of nitrogen functional groups attached to an aromatic ring is 1. The number of hydrogen-bond acceptors (Lipinski definition) is 5. The number of hydrogen-bond donors (Lipinski definition) is 2. The lowest BCUT2D eigenvalue weighted by Crippen LogP contribution is -2.30. The second-order valence-corrected chi connectivity index (χ2v) is 9.24. The molecule has 6 nitrogen and oxygen atoms in total. The number of fused-ring (bicyclic) bond motifs is 3. The first kappa shape index (κ1) is 20.3. The van der Waals surface area contributed by atoms with E-state index in [1.54, 1.807) is 18.2 Å². The van der Waals surface area contributed by atoms with Crippen LogP contribution in [-0.2, 0) is 12.8 Å². The maximum Gasteiger partial charge on any atom is 0.337 e. The lowest BCUT2D eigenvalue weighted by molar-refractivity contribution is 0.0698. The highest BCUT2D eigenvalue weighted by Crippen LogP contribution is 2.48. The molecule has 2 aromatic carbocycles. The molecule has 4 rings (SSSR count). The van der Waals surface area contributed by atoms with Crippen LogP contribution in [0, 0.1) is 0 Å². The first-order chi connectivity index (χ1) is 14.0. The number of ether oxygens (including phenoxy) is 2. The van der Waals surface area contributed by atoms with Crippen molar-refractivity contribution in [1.82, 2.24) is 0 Å². The summed E-state index contributed by atoms with van der Waals surface area (Å²) in [5.74, 6) is 0.514. The number of carboxylic acid groups (broad SMARTS) is 1. The van der Waals surface area contributed by atoms with Crippen molar-refractivity contribution < 1.29 is 19.4 Å². The number of aliphatic imine (C=N–C) groups is 1. The van der Waals surface area contributed by atoms with Gasteiger partial charge in [-0.05, 0) is 64.8 Å². The molecule has 30 heavy (non-hydrogen) atoms. The normalized spacial score (nSPS) is 18.1. The van der Waals surface area contributed by atoms with Crippen molar-refractivity contribution in [2.24, 2.45) is 4.99 Å². The van der Waals surface area contributed by atoms with Gasteiger partial charge in [-0.2, -0.15) is 0 Å². The van der Waals surface area contributed by atoms with Gasteiger partial charge in [0.25, 0.3) is 0 Å². The van der Waals surface area contributed by atoms with Crippen LogP contribution >= 0.6 is 0 Å². The molecule has 0 bridgehead atoms. The highest BCUT2D eigenvalue weighted by Gasteiger charge is 2.39. The smallest absolute Gasteiger partial charge is 0.337 e. The molecule has 0 unspecified atom stereocenters. The van der Waals surface area contributed by atoms with E-state index in [1.165, 1.54) is 0 Å². The lowest BCUT2D eigenvalue weighted by atomic mass is 9.80. The summed E-state index contributed by atoms with van der Waals surface area (Å²) in [5.41, 5.74) is 10.7. The maximum absolute atomic E-state index is 11.4. The van der Waals surface area contributed by atoms with E-state index in [9.17, 15) is 9.90 Å².